The van der Waals surface area contributed by atoms with Gasteiger partial charge in [-0.25, -0.2) is 4.98 Å². The standard InChI is InChI=1S/C39H26N2O/c1-3-9-27(10-4-1)29-17-20-33(21-18-29)41(39-25-38-36(26-40-39)35-13-7-8-14-37(35)42-38)34-22-19-31-23-30(15-16-32(31)24-34)28-11-5-2-6-12-28/h1-26H. The van der Waals surface area contributed by atoms with Crippen molar-refractivity contribution >= 4 is 49.9 Å². The fourth-order valence-corrected chi connectivity index (χ4v) is 5.76. The van der Waals surface area contributed by atoms with Crippen molar-refractivity contribution in [2.45, 2.75) is 0 Å². The van der Waals surface area contributed by atoms with Crippen LogP contribution in [0.1, 0.15) is 0 Å². The van der Waals surface area contributed by atoms with Crippen LogP contribution in [0, 0.1) is 0 Å². The molecule has 3 nitrogen and oxygen atoms in total. The van der Waals surface area contributed by atoms with Crippen LogP contribution in [0.25, 0.3) is 55.0 Å². The van der Waals surface area contributed by atoms with Gasteiger partial charge in [0.15, 0.2) is 0 Å². The van der Waals surface area contributed by atoms with E-state index in [1.165, 1.54) is 33.0 Å². The number of rotatable bonds is 5. The number of anilines is 3. The van der Waals surface area contributed by atoms with Gasteiger partial charge in [-0.15, -0.1) is 0 Å². The highest BCUT2D eigenvalue weighted by atomic mass is 16.3. The topological polar surface area (TPSA) is 29.3 Å². The molecule has 198 valence electrons. The van der Waals surface area contributed by atoms with Gasteiger partial charge in [-0.1, -0.05) is 109 Å². The lowest BCUT2D eigenvalue weighted by Crippen LogP contribution is -2.11. The molecule has 2 aromatic heterocycles. The molecule has 0 amide bonds. The number of hydrogen-bond acceptors (Lipinski definition) is 3. The normalized spacial score (nSPS) is 11.3. The third-order valence-corrected chi connectivity index (χ3v) is 7.90. The Bertz CT molecular complexity index is 2180. The highest BCUT2D eigenvalue weighted by molar-refractivity contribution is 6.05. The molecule has 8 aromatic rings. The van der Waals surface area contributed by atoms with E-state index >= 15 is 0 Å². The van der Waals surface area contributed by atoms with Crippen molar-refractivity contribution < 1.29 is 4.42 Å². The quantitative estimate of drug-likeness (QED) is 0.218. The van der Waals surface area contributed by atoms with Gasteiger partial charge in [0.25, 0.3) is 0 Å². The number of aromatic nitrogens is 1. The molecule has 2 heterocycles. The predicted molar refractivity (Wildman–Crippen MR) is 175 cm³/mol. The zero-order chi connectivity index (χ0) is 27.9. The van der Waals surface area contributed by atoms with Crippen LogP contribution >= 0.6 is 0 Å². The summed E-state index contributed by atoms with van der Waals surface area (Å²) in [5.41, 5.74) is 8.53. The van der Waals surface area contributed by atoms with Gasteiger partial charge in [-0.3, -0.25) is 4.90 Å². The Morgan fingerprint density at radius 1 is 0.429 bits per heavy atom. The Morgan fingerprint density at radius 3 is 1.81 bits per heavy atom. The van der Waals surface area contributed by atoms with Gasteiger partial charge < -0.3 is 4.42 Å². The fraction of sp³-hybridized carbons (Fsp3) is 0. The summed E-state index contributed by atoms with van der Waals surface area (Å²) in [5, 5.41) is 4.45. The van der Waals surface area contributed by atoms with Gasteiger partial charge in [-0.2, -0.15) is 0 Å². The number of hydrogen-bond donors (Lipinski definition) is 0. The van der Waals surface area contributed by atoms with E-state index in [1.54, 1.807) is 0 Å². The molecule has 42 heavy (non-hydrogen) atoms. The molecule has 0 aliphatic rings. The summed E-state index contributed by atoms with van der Waals surface area (Å²) in [4.78, 5) is 7.16. The van der Waals surface area contributed by atoms with E-state index in [4.69, 9.17) is 9.40 Å². The van der Waals surface area contributed by atoms with Crippen molar-refractivity contribution in [3.8, 4) is 22.3 Å². The zero-order valence-corrected chi connectivity index (χ0v) is 22.8. The lowest BCUT2D eigenvalue weighted by molar-refractivity contribution is 0.668. The number of fused-ring (bicyclic) bond motifs is 4. The van der Waals surface area contributed by atoms with Crippen LogP contribution in [0.5, 0.6) is 0 Å². The Kier molecular flexibility index (Phi) is 5.79. The molecule has 0 aliphatic carbocycles. The maximum atomic E-state index is 6.25. The fourth-order valence-electron chi connectivity index (χ4n) is 5.76. The van der Waals surface area contributed by atoms with Crippen LogP contribution in [0.4, 0.5) is 17.2 Å². The van der Waals surface area contributed by atoms with Crippen molar-refractivity contribution in [1.29, 1.82) is 0 Å². The second-order valence-corrected chi connectivity index (χ2v) is 10.5. The summed E-state index contributed by atoms with van der Waals surface area (Å²) in [5.74, 6) is 0.800. The number of para-hydroxylation sites is 1. The Balaban J connectivity index is 1.26. The van der Waals surface area contributed by atoms with Crippen molar-refractivity contribution in [3.05, 3.63) is 158 Å². The third kappa shape index (κ3) is 4.29. The molecule has 8 rings (SSSR count). The molecule has 0 unspecified atom stereocenters. The third-order valence-electron chi connectivity index (χ3n) is 7.90. The maximum absolute atomic E-state index is 6.25. The summed E-state index contributed by atoms with van der Waals surface area (Å²) in [6.07, 6.45) is 1.93. The van der Waals surface area contributed by atoms with Gasteiger partial charge in [-0.05, 0) is 69.4 Å². The minimum absolute atomic E-state index is 0.800. The molecule has 0 spiro atoms. The smallest absolute Gasteiger partial charge is 0.141 e. The molecule has 3 heteroatoms. The summed E-state index contributed by atoms with van der Waals surface area (Å²) in [7, 11) is 0. The van der Waals surface area contributed by atoms with Gasteiger partial charge in [0.05, 0.1) is 0 Å². The first kappa shape index (κ1) is 24.2. The minimum Gasteiger partial charge on any atom is -0.456 e. The monoisotopic (exact) mass is 538 g/mol. The maximum Gasteiger partial charge on any atom is 0.141 e. The zero-order valence-electron chi connectivity index (χ0n) is 22.8. The summed E-state index contributed by atoms with van der Waals surface area (Å²) in [6.45, 7) is 0. The summed E-state index contributed by atoms with van der Waals surface area (Å²) >= 11 is 0. The van der Waals surface area contributed by atoms with E-state index in [9.17, 15) is 0 Å². The first-order valence-electron chi connectivity index (χ1n) is 14.1. The molecule has 0 saturated heterocycles. The molecule has 0 fully saturated rings. The molecule has 0 atom stereocenters. The average molecular weight is 539 g/mol. The number of nitrogens with zero attached hydrogens (tertiary/aromatic N) is 2. The van der Waals surface area contributed by atoms with Gasteiger partial charge in [0.1, 0.15) is 17.0 Å². The van der Waals surface area contributed by atoms with Crippen molar-refractivity contribution in [2.75, 3.05) is 4.90 Å². The largest absolute Gasteiger partial charge is 0.456 e. The Morgan fingerprint density at radius 2 is 1.02 bits per heavy atom. The van der Waals surface area contributed by atoms with Crippen LogP contribution in [0.2, 0.25) is 0 Å². The molecule has 0 N–H and O–H groups in total. The molecular formula is C39H26N2O. The first-order chi connectivity index (χ1) is 20.8. The summed E-state index contributed by atoms with van der Waals surface area (Å²) < 4.78 is 6.25. The lowest BCUT2D eigenvalue weighted by Gasteiger charge is -2.25. The van der Waals surface area contributed by atoms with Crippen LogP contribution in [0.15, 0.2) is 162 Å². The summed E-state index contributed by atoms with van der Waals surface area (Å²) in [6, 6.07) is 53.0. The van der Waals surface area contributed by atoms with Crippen LogP contribution in [-0.4, -0.2) is 4.98 Å². The van der Waals surface area contributed by atoms with Crippen molar-refractivity contribution in [3.63, 3.8) is 0 Å². The van der Waals surface area contributed by atoms with Gasteiger partial charge >= 0.3 is 0 Å². The number of furan rings is 1. The Labute approximate surface area is 243 Å². The molecular weight excluding hydrogens is 512 g/mol. The highest BCUT2D eigenvalue weighted by Crippen LogP contribution is 2.39. The molecule has 0 saturated carbocycles. The van der Waals surface area contributed by atoms with Gasteiger partial charge in [0, 0.05) is 34.4 Å². The van der Waals surface area contributed by atoms with E-state index in [0.29, 0.717) is 0 Å². The SMILES string of the molecule is c1ccc(-c2ccc(N(c3ccc4cc(-c5ccccc5)ccc4c3)c3cc4oc5ccccc5c4cn3)cc2)cc1. The average Bonchev–Trinajstić information content (AvgIpc) is 3.44. The Hall–Kier alpha value is -5.67. The van der Waals surface area contributed by atoms with E-state index in [1.807, 2.05) is 36.5 Å². The predicted octanol–water partition coefficient (Wildman–Crippen LogP) is 10.9. The highest BCUT2D eigenvalue weighted by Gasteiger charge is 2.17. The number of benzene rings is 6. The molecule has 0 radical (unpaired) electrons. The minimum atomic E-state index is 0.800. The first-order valence-corrected chi connectivity index (χ1v) is 14.1. The molecule has 0 aliphatic heterocycles. The van der Waals surface area contributed by atoms with E-state index in [2.05, 4.69) is 126 Å². The van der Waals surface area contributed by atoms with E-state index in [0.717, 1.165) is 39.1 Å². The number of pyridine rings is 1. The van der Waals surface area contributed by atoms with Crippen LogP contribution < -0.4 is 4.90 Å². The van der Waals surface area contributed by atoms with Gasteiger partial charge in [0.2, 0.25) is 0 Å². The van der Waals surface area contributed by atoms with E-state index < -0.39 is 0 Å². The van der Waals surface area contributed by atoms with E-state index in [-0.39, 0.29) is 0 Å². The van der Waals surface area contributed by atoms with Crippen LogP contribution in [-0.2, 0) is 0 Å². The van der Waals surface area contributed by atoms with Crippen molar-refractivity contribution in [1.82, 2.24) is 4.98 Å². The molecule has 0 bridgehead atoms. The lowest BCUT2D eigenvalue weighted by atomic mass is 10.0. The van der Waals surface area contributed by atoms with Crippen LogP contribution in [0.3, 0.4) is 0 Å². The molecule has 6 aromatic carbocycles. The second-order valence-electron chi connectivity index (χ2n) is 10.5. The second kappa shape index (κ2) is 10.1. The van der Waals surface area contributed by atoms with Crippen molar-refractivity contribution in [2.24, 2.45) is 0 Å².